The second-order valence-electron chi connectivity index (χ2n) is 8.07. The first-order valence-corrected chi connectivity index (χ1v) is 9.57. The molecular formula is C20H23ClF2N4O4. The molecule has 2 fully saturated rings. The molecule has 0 radical (unpaired) electrons. The minimum absolute atomic E-state index is 0. The summed E-state index contributed by atoms with van der Waals surface area (Å²) < 4.78 is 32.2. The van der Waals surface area contributed by atoms with Gasteiger partial charge in [-0.15, -0.1) is 12.4 Å². The molecule has 8 nitrogen and oxygen atoms in total. The van der Waals surface area contributed by atoms with E-state index >= 15 is 8.78 Å². The molecule has 1 aliphatic heterocycles. The van der Waals surface area contributed by atoms with E-state index in [9.17, 15) is 14.7 Å². The summed E-state index contributed by atoms with van der Waals surface area (Å²) in [6.07, 6.45) is 2.60. The van der Waals surface area contributed by atoms with E-state index in [0.717, 1.165) is 25.1 Å². The largest absolute Gasteiger partial charge is 0.477 e. The molecule has 1 aromatic heterocycles. The van der Waals surface area contributed by atoms with Gasteiger partial charge in [-0.2, -0.15) is 0 Å². The number of aromatic nitrogens is 1. The van der Waals surface area contributed by atoms with Gasteiger partial charge in [0.2, 0.25) is 5.43 Å². The number of carboxylic acid groups (broad SMARTS) is 1. The summed E-state index contributed by atoms with van der Waals surface area (Å²) in [6.45, 7) is 2.37. The van der Waals surface area contributed by atoms with E-state index in [0.29, 0.717) is 5.71 Å². The number of carboxylic acids is 1. The summed E-state index contributed by atoms with van der Waals surface area (Å²) in [5.41, 5.74) is 4.02. The van der Waals surface area contributed by atoms with Gasteiger partial charge in [0.1, 0.15) is 24.2 Å². The normalized spacial score (nSPS) is 22.1. The van der Waals surface area contributed by atoms with Crippen molar-refractivity contribution in [3.8, 4) is 0 Å². The van der Waals surface area contributed by atoms with Gasteiger partial charge in [-0.25, -0.2) is 13.6 Å². The Morgan fingerprint density at radius 3 is 2.65 bits per heavy atom. The third-order valence-electron chi connectivity index (χ3n) is 5.90. The predicted octanol–water partition coefficient (Wildman–Crippen LogP) is 2.52. The zero-order valence-corrected chi connectivity index (χ0v) is 17.8. The molecule has 2 aliphatic rings. The van der Waals surface area contributed by atoms with Crippen LogP contribution >= 0.6 is 12.4 Å². The van der Waals surface area contributed by atoms with Crippen LogP contribution in [-0.4, -0.2) is 48.1 Å². The number of aromatic carboxylic acids is 1. The lowest BCUT2D eigenvalue weighted by atomic mass is 9.88. The SMILES string of the molecule is CON=C1CN(c2c(F)cc3c(=O)c(C(=O)O)cn(C4CC4)c3c2F)CC1(C)CN.Cl. The average molecular weight is 457 g/mol. The van der Waals surface area contributed by atoms with Crippen LogP contribution in [0.4, 0.5) is 14.5 Å². The van der Waals surface area contributed by atoms with Crippen molar-refractivity contribution >= 4 is 40.7 Å². The van der Waals surface area contributed by atoms with Crippen LogP contribution in [0.3, 0.4) is 0 Å². The van der Waals surface area contributed by atoms with Crippen LogP contribution in [0.5, 0.6) is 0 Å². The van der Waals surface area contributed by atoms with E-state index in [1.54, 1.807) is 0 Å². The number of hydrogen-bond acceptors (Lipinski definition) is 6. The number of halogens is 3. The highest BCUT2D eigenvalue weighted by molar-refractivity contribution is 5.98. The second kappa shape index (κ2) is 8.08. The highest BCUT2D eigenvalue weighted by Gasteiger charge is 2.42. The molecule has 4 rings (SSSR count). The smallest absolute Gasteiger partial charge is 0.341 e. The third kappa shape index (κ3) is 3.63. The number of pyridine rings is 1. The molecule has 11 heteroatoms. The Labute approximate surface area is 182 Å². The lowest BCUT2D eigenvalue weighted by Crippen LogP contribution is -2.36. The zero-order valence-electron chi connectivity index (χ0n) is 17.0. The molecule has 2 heterocycles. The van der Waals surface area contributed by atoms with E-state index in [2.05, 4.69) is 5.16 Å². The number of hydrogen-bond donors (Lipinski definition) is 2. The van der Waals surface area contributed by atoms with E-state index in [1.807, 2.05) is 6.92 Å². The van der Waals surface area contributed by atoms with Gasteiger partial charge in [0, 0.05) is 30.7 Å². The molecule has 3 N–H and O–H groups in total. The highest BCUT2D eigenvalue weighted by atomic mass is 35.5. The minimum Gasteiger partial charge on any atom is -0.477 e. The summed E-state index contributed by atoms with van der Waals surface area (Å²) in [6, 6.07) is 0.796. The number of nitrogens with zero attached hydrogens (tertiary/aromatic N) is 3. The van der Waals surface area contributed by atoms with Crippen molar-refractivity contribution in [1.82, 2.24) is 4.57 Å². The number of fused-ring (bicyclic) bond motifs is 1. The van der Waals surface area contributed by atoms with Crippen LogP contribution in [0.1, 0.15) is 36.2 Å². The van der Waals surface area contributed by atoms with Gasteiger partial charge >= 0.3 is 5.97 Å². The Hall–Kier alpha value is -2.72. The first-order chi connectivity index (χ1) is 14.2. The molecule has 1 atom stereocenters. The highest BCUT2D eigenvalue weighted by Crippen LogP contribution is 2.41. The summed E-state index contributed by atoms with van der Waals surface area (Å²) in [5.74, 6) is -3.27. The van der Waals surface area contributed by atoms with Crippen molar-refractivity contribution < 1.29 is 23.5 Å². The number of carbonyl (C=O) groups is 1. The Balaban J connectivity index is 0.00000272. The zero-order chi connectivity index (χ0) is 21.8. The van der Waals surface area contributed by atoms with Crippen LogP contribution in [0.15, 0.2) is 22.2 Å². The van der Waals surface area contributed by atoms with Gasteiger partial charge in [0.15, 0.2) is 5.82 Å². The molecule has 2 aromatic rings. The van der Waals surface area contributed by atoms with Crippen LogP contribution < -0.4 is 16.1 Å². The summed E-state index contributed by atoms with van der Waals surface area (Å²) in [7, 11) is 1.39. The monoisotopic (exact) mass is 456 g/mol. The standard InChI is InChI=1S/C20H22F2N4O4.ClH/c1-20(8-23)9-25(7-14(20)24-30-2)17-13(21)5-11-16(15(17)22)26(10-3-4-10)6-12(18(11)27)19(28)29;/h5-6,10H,3-4,7-9,23H2,1-2H3,(H,28,29);1H. The van der Waals surface area contributed by atoms with Crippen molar-refractivity contribution in [3.05, 3.63) is 39.7 Å². The molecule has 1 aromatic carbocycles. The fraction of sp³-hybridized carbons (Fsp3) is 0.450. The molecule has 1 saturated carbocycles. The number of anilines is 1. The maximum absolute atomic E-state index is 15.7. The minimum atomic E-state index is -1.43. The van der Waals surface area contributed by atoms with Crippen molar-refractivity contribution in [2.75, 3.05) is 31.6 Å². The lowest BCUT2D eigenvalue weighted by Gasteiger charge is -2.25. The second-order valence-corrected chi connectivity index (χ2v) is 8.07. The van der Waals surface area contributed by atoms with Gasteiger partial charge in [0.05, 0.1) is 23.2 Å². The number of nitrogens with two attached hydrogens (primary N) is 1. The van der Waals surface area contributed by atoms with Crippen molar-refractivity contribution in [3.63, 3.8) is 0 Å². The molecule has 1 unspecified atom stereocenters. The Bertz CT molecular complexity index is 1150. The Morgan fingerprint density at radius 2 is 2.10 bits per heavy atom. The average Bonchev–Trinajstić information content (AvgIpc) is 3.48. The molecule has 0 spiro atoms. The van der Waals surface area contributed by atoms with Crippen molar-refractivity contribution in [2.45, 2.75) is 25.8 Å². The van der Waals surface area contributed by atoms with E-state index in [1.165, 1.54) is 16.6 Å². The number of oxime groups is 1. The van der Waals surface area contributed by atoms with Gasteiger partial charge in [-0.3, -0.25) is 4.79 Å². The Morgan fingerprint density at radius 1 is 1.42 bits per heavy atom. The third-order valence-corrected chi connectivity index (χ3v) is 5.90. The van der Waals surface area contributed by atoms with Crippen molar-refractivity contribution in [1.29, 1.82) is 0 Å². The fourth-order valence-electron chi connectivity index (χ4n) is 4.04. The van der Waals surface area contributed by atoms with Crippen LogP contribution in [0.25, 0.3) is 10.9 Å². The van der Waals surface area contributed by atoms with E-state index < -0.39 is 34.0 Å². The summed E-state index contributed by atoms with van der Waals surface area (Å²) in [5, 5.41) is 13.0. The quantitative estimate of drug-likeness (QED) is 0.669. The first kappa shape index (κ1) is 23.0. The lowest BCUT2D eigenvalue weighted by molar-refractivity contribution is 0.0694. The van der Waals surface area contributed by atoms with Crippen molar-refractivity contribution in [2.24, 2.45) is 16.3 Å². The van der Waals surface area contributed by atoms with Crippen LogP contribution in [-0.2, 0) is 4.84 Å². The Kier molecular flexibility index (Phi) is 5.98. The predicted molar refractivity (Wildman–Crippen MR) is 114 cm³/mol. The molecule has 0 bridgehead atoms. The number of rotatable bonds is 5. The van der Waals surface area contributed by atoms with Gasteiger partial charge in [-0.1, -0.05) is 12.1 Å². The maximum Gasteiger partial charge on any atom is 0.341 e. The molecule has 168 valence electrons. The van der Waals surface area contributed by atoms with Gasteiger partial charge in [-0.05, 0) is 18.9 Å². The fourth-order valence-corrected chi connectivity index (χ4v) is 4.04. The topological polar surface area (TPSA) is 110 Å². The van der Waals surface area contributed by atoms with E-state index in [-0.39, 0.29) is 54.7 Å². The first-order valence-electron chi connectivity index (χ1n) is 9.57. The number of benzene rings is 1. The molecule has 1 aliphatic carbocycles. The van der Waals surface area contributed by atoms with Crippen LogP contribution in [0.2, 0.25) is 0 Å². The molecule has 0 amide bonds. The molecular weight excluding hydrogens is 434 g/mol. The summed E-state index contributed by atoms with van der Waals surface area (Å²) >= 11 is 0. The van der Waals surface area contributed by atoms with Crippen LogP contribution in [0, 0.1) is 17.0 Å². The maximum atomic E-state index is 15.7. The van der Waals surface area contributed by atoms with Gasteiger partial charge < -0.3 is 25.1 Å². The summed E-state index contributed by atoms with van der Waals surface area (Å²) in [4.78, 5) is 30.4. The molecule has 1 saturated heterocycles. The molecule has 31 heavy (non-hydrogen) atoms. The van der Waals surface area contributed by atoms with Gasteiger partial charge in [0.25, 0.3) is 0 Å². The van der Waals surface area contributed by atoms with E-state index in [4.69, 9.17) is 10.6 Å².